The molecule has 7 heteroatoms. The first-order valence-electron chi connectivity index (χ1n) is 8.39. The molecular weight excluding hydrogens is 340 g/mol. The lowest BCUT2D eigenvalue weighted by atomic mass is 10.0. The van der Waals surface area contributed by atoms with Crippen LogP contribution in [0.25, 0.3) is 0 Å². The van der Waals surface area contributed by atoms with Crippen molar-refractivity contribution in [1.82, 2.24) is 9.80 Å². The normalized spacial score (nSPS) is 18.0. The van der Waals surface area contributed by atoms with Gasteiger partial charge in [0, 0.05) is 31.4 Å². The van der Waals surface area contributed by atoms with Gasteiger partial charge in [0.2, 0.25) is 0 Å². The van der Waals surface area contributed by atoms with Crippen LogP contribution in [0.2, 0.25) is 0 Å². The molecule has 2 amide bonds. The largest absolute Gasteiger partial charge is 0.435 e. The maximum absolute atomic E-state index is 12.8. The number of likely N-dealkylation sites (N-methyl/N-ethyl adjacent to an activating group) is 1. The second-order valence-electron chi connectivity index (χ2n) is 6.22. The van der Waals surface area contributed by atoms with Gasteiger partial charge in [-0.25, -0.2) is 4.79 Å². The van der Waals surface area contributed by atoms with E-state index in [4.69, 9.17) is 0 Å². The number of halogens is 2. The van der Waals surface area contributed by atoms with Gasteiger partial charge in [-0.3, -0.25) is 0 Å². The van der Waals surface area contributed by atoms with Crippen molar-refractivity contribution in [3.63, 3.8) is 0 Å². The van der Waals surface area contributed by atoms with Gasteiger partial charge in [-0.2, -0.15) is 8.78 Å². The van der Waals surface area contributed by atoms with E-state index in [0.29, 0.717) is 12.2 Å². The molecule has 0 spiro atoms. The molecule has 1 fully saturated rings. The number of hydrogen-bond acceptors (Lipinski definition) is 3. The van der Waals surface area contributed by atoms with Gasteiger partial charge in [-0.1, -0.05) is 36.4 Å². The molecule has 1 saturated heterocycles. The monoisotopic (exact) mass is 361 g/mol. The Labute approximate surface area is 151 Å². The Hall–Kier alpha value is -2.67. The molecule has 2 aromatic carbocycles. The number of alkyl halides is 2. The van der Waals surface area contributed by atoms with Crippen molar-refractivity contribution < 1.29 is 18.3 Å². The minimum absolute atomic E-state index is 0.00999. The maximum Gasteiger partial charge on any atom is 0.387 e. The number of benzene rings is 2. The van der Waals surface area contributed by atoms with Crippen LogP contribution in [-0.4, -0.2) is 49.1 Å². The van der Waals surface area contributed by atoms with Gasteiger partial charge in [0.25, 0.3) is 0 Å². The fourth-order valence-corrected chi connectivity index (χ4v) is 3.07. The van der Waals surface area contributed by atoms with Gasteiger partial charge >= 0.3 is 12.6 Å². The standard InChI is InChI=1S/C19H21F2N3O2/c1-23-10-11-24(17(13-23)14-6-3-2-4-7-14)19(25)22-15-8-5-9-16(12-15)26-18(20)21/h2-9,12,17-18H,10-11,13H2,1H3,(H,22,25)/t17-/m0/s1. The molecule has 5 nitrogen and oxygen atoms in total. The molecule has 1 aliphatic heterocycles. The van der Waals surface area contributed by atoms with Gasteiger partial charge < -0.3 is 19.9 Å². The summed E-state index contributed by atoms with van der Waals surface area (Å²) in [6.07, 6.45) is 0. The Balaban J connectivity index is 1.75. The lowest BCUT2D eigenvalue weighted by molar-refractivity contribution is -0.0497. The summed E-state index contributed by atoms with van der Waals surface area (Å²) in [5, 5.41) is 2.78. The zero-order valence-electron chi connectivity index (χ0n) is 14.4. The van der Waals surface area contributed by atoms with Crippen LogP contribution in [0.3, 0.4) is 0 Å². The number of urea groups is 1. The highest BCUT2D eigenvalue weighted by Gasteiger charge is 2.30. The summed E-state index contributed by atoms with van der Waals surface area (Å²) in [4.78, 5) is 16.8. The molecule has 0 saturated carbocycles. The van der Waals surface area contributed by atoms with Crippen molar-refractivity contribution >= 4 is 11.7 Å². The van der Waals surface area contributed by atoms with E-state index >= 15 is 0 Å². The number of ether oxygens (including phenoxy) is 1. The van der Waals surface area contributed by atoms with E-state index in [1.165, 1.54) is 12.1 Å². The minimum atomic E-state index is -2.90. The number of anilines is 1. The number of hydrogen-bond donors (Lipinski definition) is 1. The van der Waals surface area contributed by atoms with Crippen molar-refractivity contribution in [3.05, 3.63) is 60.2 Å². The number of carbonyl (C=O) groups excluding carboxylic acids is 1. The summed E-state index contributed by atoms with van der Waals surface area (Å²) in [5.41, 5.74) is 1.47. The van der Waals surface area contributed by atoms with Crippen LogP contribution in [0.15, 0.2) is 54.6 Å². The number of carbonyl (C=O) groups is 1. The van der Waals surface area contributed by atoms with Gasteiger partial charge in [-0.15, -0.1) is 0 Å². The summed E-state index contributed by atoms with van der Waals surface area (Å²) in [6.45, 7) is -0.826. The number of nitrogens with one attached hydrogen (secondary N) is 1. The van der Waals surface area contributed by atoms with Crippen molar-refractivity contribution in [1.29, 1.82) is 0 Å². The Morgan fingerprint density at radius 2 is 1.92 bits per heavy atom. The highest BCUT2D eigenvalue weighted by Crippen LogP contribution is 2.26. The van der Waals surface area contributed by atoms with Crippen molar-refractivity contribution in [2.24, 2.45) is 0 Å². The lowest BCUT2D eigenvalue weighted by Gasteiger charge is -2.40. The number of piperazine rings is 1. The van der Waals surface area contributed by atoms with Gasteiger partial charge in [-0.05, 0) is 24.7 Å². The molecule has 1 atom stereocenters. The molecule has 0 aliphatic carbocycles. The smallest absolute Gasteiger partial charge is 0.387 e. The zero-order chi connectivity index (χ0) is 18.5. The van der Waals surface area contributed by atoms with Crippen molar-refractivity contribution in [3.8, 4) is 5.75 Å². The van der Waals surface area contributed by atoms with Gasteiger partial charge in [0.15, 0.2) is 0 Å². The summed E-state index contributed by atoms with van der Waals surface area (Å²) in [5.74, 6) is 0.00999. The van der Waals surface area contributed by atoms with Gasteiger partial charge in [0.05, 0.1) is 6.04 Å². The van der Waals surface area contributed by atoms with Crippen LogP contribution in [0, 0.1) is 0 Å². The van der Waals surface area contributed by atoms with Crippen LogP contribution in [-0.2, 0) is 0 Å². The molecule has 2 aromatic rings. The number of rotatable bonds is 4. The first-order valence-corrected chi connectivity index (χ1v) is 8.39. The predicted molar refractivity (Wildman–Crippen MR) is 95.5 cm³/mol. The second kappa shape index (κ2) is 8.14. The quantitative estimate of drug-likeness (QED) is 0.901. The first kappa shape index (κ1) is 18.1. The van der Waals surface area contributed by atoms with Crippen LogP contribution >= 0.6 is 0 Å². The molecule has 3 rings (SSSR count). The molecule has 0 radical (unpaired) electrons. The van der Waals surface area contributed by atoms with E-state index in [0.717, 1.165) is 18.7 Å². The summed E-state index contributed by atoms with van der Waals surface area (Å²) < 4.78 is 29.1. The Morgan fingerprint density at radius 1 is 1.15 bits per heavy atom. The molecule has 1 heterocycles. The number of nitrogens with zero attached hydrogens (tertiary/aromatic N) is 2. The highest BCUT2D eigenvalue weighted by atomic mass is 19.3. The van der Waals surface area contributed by atoms with Crippen molar-refractivity contribution in [2.45, 2.75) is 12.7 Å². The van der Waals surface area contributed by atoms with E-state index < -0.39 is 6.61 Å². The van der Waals surface area contributed by atoms with E-state index in [2.05, 4.69) is 15.0 Å². The molecule has 1 aliphatic rings. The zero-order valence-corrected chi connectivity index (χ0v) is 14.4. The second-order valence-corrected chi connectivity index (χ2v) is 6.22. The summed E-state index contributed by atoms with van der Waals surface area (Å²) >= 11 is 0. The predicted octanol–water partition coefficient (Wildman–Crippen LogP) is 3.81. The third kappa shape index (κ3) is 4.49. The maximum atomic E-state index is 12.8. The summed E-state index contributed by atoms with van der Waals surface area (Å²) in [6, 6.07) is 15.5. The van der Waals surface area contributed by atoms with E-state index in [1.54, 1.807) is 17.0 Å². The molecule has 0 unspecified atom stereocenters. The van der Waals surface area contributed by atoms with Crippen molar-refractivity contribution in [2.75, 3.05) is 32.0 Å². The third-order valence-electron chi connectivity index (χ3n) is 4.34. The first-order chi connectivity index (χ1) is 12.5. The lowest BCUT2D eigenvalue weighted by Crippen LogP contribution is -2.50. The SMILES string of the molecule is CN1CCN(C(=O)Nc2cccc(OC(F)F)c2)[C@H](c2ccccc2)C1. The molecular formula is C19H21F2N3O2. The molecule has 0 bridgehead atoms. The fourth-order valence-electron chi connectivity index (χ4n) is 3.07. The molecule has 1 N–H and O–H groups in total. The van der Waals surface area contributed by atoms with Crippen LogP contribution < -0.4 is 10.1 Å². The molecule has 0 aromatic heterocycles. The summed E-state index contributed by atoms with van der Waals surface area (Å²) in [7, 11) is 2.02. The van der Waals surface area contributed by atoms with Gasteiger partial charge in [0.1, 0.15) is 5.75 Å². The number of amides is 2. The molecule has 26 heavy (non-hydrogen) atoms. The average Bonchev–Trinajstić information content (AvgIpc) is 2.62. The topological polar surface area (TPSA) is 44.8 Å². The van der Waals surface area contributed by atoms with E-state index in [-0.39, 0.29) is 17.8 Å². The Morgan fingerprint density at radius 3 is 2.65 bits per heavy atom. The average molecular weight is 361 g/mol. The highest BCUT2D eigenvalue weighted by molar-refractivity contribution is 5.90. The van der Waals surface area contributed by atoms with Crippen LogP contribution in [0.4, 0.5) is 19.3 Å². The Kier molecular flexibility index (Phi) is 5.68. The third-order valence-corrected chi connectivity index (χ3v) is 4.34. The van der Waals surface area contributed by atoms with Crippen LogP contribution in [0.1, 0.15) is 11.6 Å². The fraction of sp³-hybridized carbons (Fsp3) is 0.316. The van der Waals surface area contributed by atoms with E-state index in [1.807, 2.05) is 37.4 Å². The van der Waals surface area contributed by atoms with Crippen LogP contribution in [0.5, 0.6) is 5.75 Å². The van der Waals surface area contributed by atoms with E-state index in [9.17, 15) is 13.6 Å². The Bertz CT molecular complexity index is 743. The molecule has 138 valence electrons. The minimum Gasteiger partial charge on any atom is -0.435 e.